The molecule has 1 heterocycles. The summed E-state index contributed by atoms with van der Waals surface area (Å²) < 4.78 is 40.1. The number of hydrogen-bond donors (Lipinski definition) is 0. The predicted molar refractivity (Wildman–Crippen MR) is 99.8 cm³/mol. The van der Waals surface area contributed by atoms with Crippen LogP contribution >= 0.6 is 0 Å². The molecule has 0 bridgehead atoms. The standard InChI is InChI=1S/C19H18F3N5O3/c1-12-9-14(7-8-17(12)27(29)30)10-25-18(11-28)26(24-23-25)13(2)15-5-3-4-6-16(15)19(20,21)22/h3-9,11,13,18H,10H2,1-2H3. The molecule has 2 atom stereocenters. The third-order valence-electron chi connectivity index (χ3n) is 4.87. The van der Waals surface area contributed by atoms with Crippen molar-refractivity contribution in [3.63, 3.8) is 0 Å². The van der Waals surface area contributed by atoms with E-state index in [1.807, 2.05) is 0 Å². The van der Waals surface area contributed by atoms with Gasteiger partial charge in [-0.3, -0.25) is 14.9 Å². The highest BCUT2D eigenvalue weighted by Crippen LogP contribution is 2.38. The zero-order valence-corrected chi connectivity index (χ0v) is 16.1. The predicted octanol–water partition coefficient (Wildman–Crippen LogP) is 4.61. The largest absolute Gasteiger partial charge is 0.416 e. The maximum Gasteiger partial charge on any atom is 0.416 e. The van der Waals surface area contributed by atoms with Gasteiger partial charge in [-0.15, -0.1) is 0 Å². The lowest BCUT2D eigenvalue weighted by molar-refractivity contribution is -0.385. The van der Waals surface area contributed by atoms with Crippen LogP contribution in [0.2, 0.25) is 0 Å². The van der Waals surface area contributed by atoms with Crippen molar-refractivity contribution in [3.8, 4) is 0 Å². The Morgan fingerprint density at radius 3 is 2.53 bits per heavy atom. The van der Waals surface area contributed by atoms with Crippen LogP contribution in [0.1, 0.15) is 35.2 Å². The minimum atomic E-state index is -4.55. The fraction of sp³-hybridized carbons (Fsp3) is 0.316. The molecule has 8 nitrogen and oxygen atoms in total. The van der Waals surface area contributed by atoms with Crippen LogP contribution < -0.4 is 0 Å². The Balaban J connectivity index is 1.83. The van der Waals surface area contributed by atoms with Gasteiger partial charge in [-0.1, -0.05) is 34.7 Å². The van der Waals surface area contributed by atoms with Gasteiger partial charge >= 0.3 is 6.18 Å². The van der Waals surface area contributed by atoms with Crippen LogP contribution in [0.15, 0.2) is 52.9 Å². The summed E-state index contributed by atoms with van der Waals surface area (Å²) in [5.74, 6) is 0. The summed E-state index contributed by atoms with van der Waals surface area (Å²) >= 11 is 0. The molecule has 1 aliphatic heterocycles. The maximum atomic E-state index is 13.4. The SMILES string of the molecule is Cc1cc(CN2N=NN(C(C)c3ccccc3C(F)(F)F)C2C=O)ccc1[N+](=O)[O-]. The molecule has 1 aliphatic rings. The number of nitrogens with zero attached hydrogens (tertiary/aromatic N) is 5. The summed E-state index contributed by atoms with van der Waals surface area (Å²) in [6.07, 6.45) is -5.02. The number of rotatable bonds is 6. The van der Waals surface area contributed by atoms with Crippen LogP contribution in [0, 0.1) is 17.0 Å². The summed E-state index contributed by atoms with van der Waals surface area (Å²) in [5.41, 5.74) is 0.230. The summed E-state index contributed by atoms with van der Waals surface area (Å²) in [4.78, 5) is 22.2. The Bertz CT molecular complexity index is 996. The zero-order chi connectivity index (χ0) is 22.1. The molecule has 0 spiro atoms. The van der Waals surface area contributed by atoms with Gasteiger partial charge in [0, 0.05) is 11.6 Å². The van der Waals surface area contributed by atoms with Crippen molar-refractivity contribution < 1.29 is 22.9 Å². The van der Waals surface area contributed by atoms with Crippen molar-refractivity contribution in [3.05, 3.63) is 74.8 Å². The first-order chi connectivity index (χ1) is 14.1. The molecule has 0 aliphatic carbocycles. The van der Waals surface area contributed by atoms with Crippen LogP contribution in [0.25, 0.3) is 0 Å². The van der Waals surface area contributed by atoms with Gasteiger partial charge in [0.05, 0.1) is 23.1 Å². The number of halogens is 3. The molecule has 0 N–H and O–H groups in total. The highest BCUT2D eigenvalue weighted by molar-refractivity contribution is 5.57. The average Bonchev–Trinajstić information content (AvgIpc) is 3.09. The van der Waals surface area contributed by atoms with E-state index in [1.165, 1.54) is 47.3 Å². The molecule has 0 aromatic heterocycles. The van der Waals surface area contributed by atoms with E-state index < -0.39 is 28.9 Å². The number of carbonyl (C=O) groups is 1. The molecule has 0 saturated carbocycles. The number of aryl methyl sites for hydroxylation is 1. The Morgan fingerprint density at radius 1 is 1.23 bits per heavy atom. The van der Waals surface area contributed by atoms with E-state index in [0.29, 0.717) is 17.4 Å². The maximum absolute atomic E-state index is 13.4. The van der Waals surface area contributed by atoms with Crippen molar-refractivity contribution in [2.45, 2.75) is 38.8 Å². The van der Waals surface area contributed by atoms with Gasteiger partial charge in [0.1, 0.15) is 0 Å². The quantitative estimate of drug-likeness (QED) is 0.386. The zero-order valence-electron chi connectivity index (χ0n) is 16.1. The first-order valence-electron chi connectivity index (χ1n) is 8.95. The lowest BCUT2D eigenvalue weighted by Crippen LogP contribution is -2.41. The highest BCUT2D eigenvalue weighted by Gasteiger charge is 2.39. The Morgan fingerprint density at radius 2 is 1.93 bits per heavy atom. The second-order valence-electron chi connectivity index (χ2n) is 6.85. The minimum absolute atomic E-state index is 0.0242. The van der Waals surface area contributed by atoms with Gasteiger partial charge in [-0.25, -0.2) is 10.0 Å². The van der Waals surface area contributed by atoms with Crippen LogP contribution in [0.5, 0.6) is 0 Å². The number of aldehydes is 1. The van der Waals surface area contributed by atoms with E-state index >= 15 is 0 Å². The number of hydrogen-bond acceptors (Lipinski definition) is 7. The molecule has 2 aromatic carbocycles. The Kier molecular flexibility index (Phi) is 5.72. The number of nitro benzene ring substituents is 1. The average molecular weight is 421 g/mol. The first-order valence-corrected chi connectivity index (χ1v) is 8.95. The Hall–Kier alpha value is -3.50. The molecule has 30 heavy (non-hydrogen) atoms. The molecule has 0 amide bonds. The molecule has 2 aromatic rings. The molecule has 0 saturated heterocycles. The third kappa shape index (κ3) is 4.09. The Labute approximate surface area is 169 Å². The van der Waals surface area contributed by atoms with Crippen LogP contribution in [0.3, 0.4) is 0 Å². The summed E-state index contributed by atoms with van der Waals surface area (Å²) in [6, 6.07) is 8.72. The van der Waals surface area contributed by atoms with Gasteiger partial charge < -0.3 is 0 Å². The molecule has 11 heteroatoms. The van der Waals surface area contributed by atoms with E-state index in [1.54, 1.807) is 13.0 Å². The molecule has 158 valence electrons. The van der Waals surface area contributed by atoms with E-state index in [9.17, 15) is 28.1 Å². The van der Waals surface area contributed by atoms with Crippen molar-refractivity contribution in [1.82, 2.24) is 10.0 Å². The van der Waals surface area contributed by atoms with Crippen molar-refractivity contribution in [1.29, 1.82) is 0 Å². The summed E-state index contributed by atoms with van der Waals surface area (Å²) in [5, 5.41) is 21.3. The van der Waals surface area contributed by atoms with Gasteiger partial charge in [-0.2, -0.15) is 13.2 Å². The summed E-state index contributed by atoms with van der Waals surface area (Å²) in [6.45, 7) is 3.21. The molecule has 3 rings (SSSR count). The van der Waals surface area contributed by atoms with Crippen LogP contribution in [0.4, 0.5) is 18.9 Å². The second-order valence-corrected chi connectivity index (χ2v) is 6.85. The first kappa shape index (κ1) is 21.2. The van der Waals surface area contributed by atoms with Crippen LogP contribution in [-0.2, 0) is 17.5 Å². The smallest absolute Gasteiger partial charge is 0.299 e. The van der Waals surface area contributed by atoms with Gasteiger partial charge in [0.25, 0.3) is 5.69 Å². The highest BCUT2D eigenvalue weighted by atomic mass is 19.4. The fourth-order valence-corrected chi connectivity index (χ4v) is 3.37. The van der Waals surface area contributed by atoms with Gasteiger partial charge in [0.2, 0.25) is 0 Å². The monoisotopic (exact) mass is 421 g/mol. The number of alkyl halides is 3. The minimum Gasteiger partial charge on any atom is -0.299 e. The van der Waals surface area contributed by atoms with E-state index in [2.05, 4.69) is 10.4 Å². The molecule has 2 unspecified atom stereocenters. The number of carbonyl (C=O) groups excluding carboxylic acids is 1. The van der Waals surface area contributed by atoms with Crippen LogP contribution in [-0.4, -0.2) is 27.4 Å². The molecular formula is C19H18F3N5O3. The second kappa shape index (κ2) is 8.09. The third-order valence-corrected chi connectivity index (χ3v) is 4.87. The number of nitro groups is 1. The summed E-state index contributed by atoms with van der Waals surface area (Å²) in [7, 11) is 0. The fourth-order valence-electron chi connectivity index (χ4n) is 3.37. The van der Waals surface area contributed by atoms with Crippen molar-refractivity contribution in [2.75, 3.05) is 0 Å². The van der Waals surface area contributed by atoms with E-state index in [4.69, 9.17) is 0 Å². The lowest BCUT2D eigenvalue weighted by atomic mass is 10.0. The lowest BCUT2D eigenvalue weighted by Gasteiger charge is -2.29. The normalized spacial score (nSPS) is 17.3. The topological polar surface area (TPSA) is 91.4 Å². The van der Waals surface area contributed by atoms with Crippen molar-refractivity contribution in [2.24, 2.45) is 10.4 Å². The van der Waals surface area contributed by atoms with E-state index in [-0.39, 0.29) is 17.8 Å². The number of benzene rings is 2. The van der Waals surface area contributed by atoms with E-state index in [0.717, 1.165) is 6.07 Å². The molecule has 0 radical (unpaired) electrons. The molecular weight excluding hydrogens is 403 g/mol. The van der Waals surface area contributed by atoms with Gasteiger partial charge in [0.15, 0.2) is 12.5 Å². The van der Waals surface area contributed by atoms with Gasteiger partial charge in [-0.05, 0) is 37.1 Å². The molecule has 0 fully saturated rings. The van der Waals surface area contributed by atoms with Crippen molar-refractivity contribution >= 4 is 12.0 Å².